The standard InChI is InChI=1S/C15H18BrN/c1-3-11(4-2)17-15-10-9-14(16)12-7-5-6-8-13(12)15/h5-11,17H,3-4H2,1-2H3. The maximum absolute atomic E-state index is 3.63. The van der Waals surface area contributed by atoms with E-state index >= 15 is 0 Å². The third-order valence-corrected chi connectivity index (χ3v) is 3.91. The molecule has 2 aromatic rings. The van der Waals surface area contributed by atoms with Crippen LogP contribution in [0, 0.1) is 0 Å². The summed E-state index contributed by atoms with van der Waals surface area (Å²) in [6.07, 6.45) is 2.31. The fraction of sp³-hybridized carbons (Fsp3) is 0.333. The van der Waals surface area contributed by atoms with Gasteiger partial charge in [0.15, 0.2) is 0 Å². The lowest BCUT2D eigenvalue weighted by molar-refractivity contribution is 0.672. The summed E-state index contributed by atoms with van der Waals surface area (Å²) < 4.78 is 1.16. The second-order valence-corrected chi connectivity index (χ2v) is 5.15. The first-order valence-electron chi connectivity index (χ1n) is 6.20. The summed E-state index contributed by atoms with van der Waals surface area (Å²) in [5, 5.41) is 6.18. The number of anilines is 1. The molecule has 1 nitrogen and oxygen atoms in total. The molecule has 0 aliphatic carbocycles. The largest absolute Gasteiger partial charge is 0.382 e. The summed E-state index contributed by atoms with van der Waals surface area (Å²) in [6, 6.07) is 13.3. The zero-order valence-electron chi connectivity index (χ0n) is 10.3. The van der Waals surface area contributed by atoms with E-state index in [1.54, 1.807) is 0 Å². The van der Waals surface area contributed by atoms with Crippen LogP contribution in [-0.2, 0) is 0 Å². The summed E-state index contributed by atoms with van der Waals surface area (Å²) in [6.45, 7) is 4.45. The lowest BCUT2D eigenvalue weighted by atomic mass is 10.1. The Balaban J connectivity index is 2.44. The van der Waals surface area contributed by atoms with E-state index in [1.807, 2.05) is 0 Å². The van der Waals surface area contributed by atoms with Crippen molar-refractivity contribution >= 4 is 32.4 Å². The highest BCUT2D eigenvalue weighted by Crippen LogP contribution is 2.30. The number of hydrogen-bond acceptors (Lipinski definition) is 1. The SMILES string of the molecule is CCC(CC)Nc1ccc(Br)c2ccccc12. The molecule has 0 aliphatic rings. The van der Waals surface area contributed by atoms with E-state index in [4.69, 9.17) is 0 Å². The van der Waals surface area contributed by atoms with Crippen molar-refractivity contribution in [2.75, 3.05) is 5.32 Å². The molecule has 0 aromatic heterocycles. The monoisotopic (exact) mass is 291 g/mol. The molecule has 1 N–H and O–H groups in total. The third-order valence-electron chi connectivity index (χ3n) is 3.22. The molecule has 17 heavy (non-hydrogen) atoms. The van der Waals surface area contributed by atoms with Crippen molar-refractivity contribution in [3.05, 3.63) is 40.9 Å². The van der Waals surface area contributed by atoms with Gasteiger partial charge in [-0.05, 0) is 30.4 Å². The van der Waals surface area contributed by atoms with Gasteiger partial charge in [0, 0.05) is 21.6 Å². The van der Waals surface area contributed by atoms with Crippen LogP contribution in [-0.4, -0.2) is 6.04 Å². The Hall–Kier alpha value is -1.02. The molecule has 0 spiro atoms. The molecule has 0 atom stereocenters. The molecule has 2 aromatic carbocycles. The maximum atomic E-state index is 3.63. The first-order chi connectivity index (χ1) is 8.26. The predicted octanol–water partition coefficient (Wildman–Crippen LogP) is 5.20. The van der Waals surface area contributed by atoms with Crippen LogP contribution >= 0.6 is 15.9 Å². The van der Waals surface area contributed by atoms with E-state index in [2.05, 4.69) is 71.5 Å². The molecule has 0 saturated heterocycles. The average molecular weight is 292 g/mol. The summed E-state index contributed by atoms with van der Waals surface area (Å²) >= 11 is 3.60. The van der Waals surface area contributed by atoms with Gasteiger partial charge in [0.25, 0.3) is 0 Å². The minimum Gasteiger partial charge on any atom is -0.382 e. The molecule has 90 valence electrons. The Bertz CT molecular complexity index is 503. The van der Waals surface area contributed by atoms with Gasteiger partial charge in [-0.2, -0.15) is 0 Å². The number of hydrogen-bond donors (Lipinski definition) is 1. The van der Waals surface area contributed by atoms with Gasteiger partial charge in [0.05, 0.1) is 0 Å². The second-order valence-electron chi connectivity index (χ2n) is 4.30. The molecule has 2 heteroatoms. The van der Waals surface area contributed by atoms with Crippen molar-refractivity contribution in [1.29, 1.82) is 0 Å². The molecule has 0 bridgehead atoms. The van der Waals surface area contributed by atoms with Crippen LogP contribution in [0.3, 0.4) is 0 Å². The minimum atomic E-state index is 0.555. The number of rotatable bonds is 4. The number of nitrogens with one attached hydrogen (secondary N) is 1. The average Bonchev–Trinajstić information content (AvgIpc) is 2.38. The van der Waals surface area contributed by atoms with Gasteiger partial charge in [-0.1, -0.05) is 54.0 Å². The van der Waals surface area contributed by atoms with E-state index in [0.29, 0.717) is 6.04 Å². The molecule has 2 rings (SSSR count). The van der Waals surface area contributed by atoms with Crippen molar-refractivity contribution in [3.63, 3.8) is 0 Å². The van der Waals surface area contributed by atoms with Gasteiger partial charge in [0.2, 0.25) is 0 Å². The Labute approximate surface area is 111 Å². The fourth-order valence-corrected chi connectivity index (χ4v) is 2.58. The zero-order chi connectivity index (χ0) is 12.3. The van der Waals surface area contributed by atoms with Crippen LogP contribution < -0.4 is 5.32 Å². The number of fused-ring (bicyclic) bond motifs is 1. The molecule has 0 amide bonds. The summed E-state index contributed by atoms with van der Waals surface area (Å²) in [4.78, 5) is 0. The molecular weight excluding hydrogens is 274 g/mol. The summed E-state index contributed by atoms with van der Waals surface area (Å²) in [5.41, 5.74) is 1.23. The summed E-state index contributed by atoms with van der Waals surface area (Å²) in [5.74, 6) is 0. The topological polar surface area (TPSA) is 12.0 Å². The lowest BCUT2D eigenvalue weighted by Crippen LogP contribution is -2.17. The Kier molecular flexibility index (Phi) is 4.06. The Morgan fingerprint density at radius 2 is 1.65 bits per heavy atom. The van der Waals surface area contributed by atoms with E-state index in [9.17, 15) is 0 Å². The van der Waals surface area contributed by atoms with E-state index in [1.165, 1.54) is 16.5 Å². The minimum absolute atomic E-state index is 0.555. The smallest absolute Gasteiger partial charge is 0.0422 e. The van der Waals surface area contributed by atoms with Crippen molar-refractivity contribution in [3.8, 4) is 0 Å². The number of halogens is 1. The highest BCUT2D eigenvalue weighted by atomic mass is 79.9. The van der Waals surface area contributed by atoms with Crippen LogP contribution in [0.15, 0.2) is 40.9 Å². The van der Waals surface area contributed by atoms with Gasteiger partial charge >= 0.3 is 0 Å². The number of benzene rings is 2. The lowest BCUT2D eigenvalue weighted by Gasteiger charge is -2.18. The first-order valence-corrected chi connectivity index (χ1v) is 6.99. The maximum Gasteiger partial charge on any atom is 0.0422 e. The van der Waals surface area contributed by atoms with Gasteiger partial charge in [-0.25, -0.2) is 0 Å². The quantitative estimate of drug-likeness (QED) is 0.816. The third kappa shape index (κ3) is 2.63. The second kappa shape index (κ2) is 5.54. The van der Waals surface area contributed by atoms with Crippen molar-refractivity contribution in [1.82, 2.24) is 0 Å². The molecule has 0 radical (unpaired) electrons. The zero-order valence-corrected chi connectivity index (χ0v) is 11.9. The van der Waals surface area contributed by atoms with E-state index in [-0.39, 0.29) is 0 Å². The summed E-state index contributed by atoms with van der Waals surface area (Å²) in [7, 11) is 0. The predicted molar refractivity (Wildman–Crippen MR) is 79.6 cm³/mol. The van der Waals surface area contributed by atoms with Crippen LogP contribution in [0.4, 0.5) is 5.69 Å². The van der Waals surface area contributed by atoms with Crippen LogP contribution in [0.1, 0.15) is 26.7 Å². The molecule has 0 fully saturated rings. The normalized spacial score (nSPS) is 11.1. The van der Waals surface area contributed by atoms with Crippen molar-refractivity contribution in [2.24, 2.45) is 0 Å². The molecular formula is C15H18BrN. The van der Waals surface area contributed by atoms with Crippen molar-refractivity contribution in [2.45, 2.75) is 32.7 Å². The van der Waals surface area contributed by atoms with Crippen LogP contribution in [0.25, 0.3) is 10.8 Å². The fourth-order valence-electron chi connectivity index (χ4n) is 2.10. The Morgan fingerprint density at radius 3 is 2.29 bits per heavy atom. The van der Waals surface area contributed by atoms with Crippen molar-refractivity contribution < 1.29 is 0 Å². The Morgan fingerprint density at radius 1 is 1.00 bits per heavy atom. The van der Waals surface area contributed by atoms with E-state index in [0.717, 1.165) is 17.3 Å². The van der Waals surface area contributed by atoms with Gasteiger partial charge in [-0.3, -0.25) is 0 Å². The van der Waals surface area contributed by atoms with Crippen LogP contribution in [0.2, 0.25) is 0 Å². The molecule has 0 unspecified atom stereocenters. The molecule has 0 aliphatic heterocycles. The molecule has 0 heterocycles. The first kappa shape index (κ1) is 12.4. The van der Waals surface area contributed by atoms with Gasteiger partial charge in [-0.15, -0.1) is 0 Å². The van der Waals surface area contributed by atoms with Gasteiger partial charge in [0.1, 0.15) is 0 Å². The highest BCUT2D eigenvalue weighted by Gasteiger charge is 2.07. The van der Waals surface area contributed by atoms with Gasteiger partial charge < -0.3 is 5.32 Å². The van der Waals surface area contributed by atoms with E-state index < -0.39 is 0 Å². The molecule has 0 saturated carbocycles. The van der Waals surface area contributed by atoms with Crippen LogP contribution in [0.5, 0.6) is 0 Å². The highest BCUT2D eigenvalue weighted by molar-refractivity contribution is 9.10.